The van der Waals surface area contributed by atoms with Gasteiger partial charge in [0.25, 0.3) is 0 Å². The van der Waals surface area contributed by atoms with Crippen molar-refractivity contribution in [2.24, 2.45) is 17.6 Å². The molecule has 0 aromatic carbocycles. The van der Waals surface area contributed by atoms with Gasteiger partial charge in [-0.25, -0.2) is 0 Å². The molecular weight excluding hydrogens is 396 g/mol. The summed E-state index contributed by atoms with van der Waals surface area (Å²) in [6.45, 7) is 6.93. The lowest BCUT2D eigenvalue weighted by molar-refractivity contribution is -0.139. The Bertz CT molecular complexity index is 561. The van der Waals surface area contributed by atoms with Gasteiger partial charge < -0.3 is 26.8 Å². The van der Waals surface area contributed by atoms with Gasteiger partial charge in [0.05, 0.1) is 6.04 Å². The van der Waals surface area contributed by atoms with Crippen LogP contribution in [0.15, 0.2) is 0 Å². The lowest BCUT2D eigenvalue weighted by Gasteiger charge is -2.27. The highest BCUT2D eigenvalue weighted by molar-refractivity contribution is 7.98. The van der Waals surface area contributed by atoms with Gasteiger partial charge in [0, 0.05) is 0 Å². The number of nitrogens with two attached hydrogens (primary N) is 1. The summed E-state index contributed by atoms with van der Waals surface area (Å²) in [5.74, 6) is -2.24. The maximum atomic E-state index is 12.8. The van der Waals surface area contributed by atoms with E-state index in [4.69, 9.17) is 10.8 Å². The molecule has 0 saturated heterocycles. The monoisotopic (exact) mass is 432 g/mol. The van der Waals surface area contributed by atoms with Crippen molar-refractivity contribution < 1.29 is 24.3 Å². The molecule has 0 spiro atoms. The van der Waals surface area contributed by atoms with Crippen LogP contribution >= 0.6 is 11.8 Å². The van der Waals surface area contributed by atoms with Crippen molar-refractivity contribution in [1.29, 1.82) is 0 Å². The van der Waals surface area contributed by atoms with E-state index in [0.29, 0.717) is 18.6 Å². The van der Waals surface area contributed by atoms with E-state index < -0.39 is 48.4 Å². The molecule has 0 aromatic heterocycles. The summed E-state index contributed by atoms with van der Waals surface area (Å²) in [6, 6.07) is -2.46. The van der Waals surface area contributed by atoms with Gasteiger partial charge in [0.15, 0.2) is 0 Å². The van der Waals surface area contributed by atoms with Crippen LogP contribution in [0.25, 0.3) is 0 Å². The molecule has 0 aliphatic heterocycles. The van der Waals surface area contributed by atoms with Crippen LogP contribution in [-0.4, -0.2) is 65.5 Å². The number of hydrogen-bond acceptors (Lipinski definition) is 6. The van der Waals surface area contributed by atoms with E-state index >= 15 is 0 Å². The van der Waals surface area contributed by atoms with Crippen molar-refractivity contribution in [3.63, 3.8) is 0 Å². The predicted molar refractivity (Wildman–Crippen MR) is 114 cm³/mol. The SMILES string of the molecule is CCC(C)C(N)C(=O)NC(CCSC)C(=O)NC(C(=O)NCC(=O)O)C(C)CC. The van der Waals surface area contributed by atoms with Crippen LogP contribution in [0.2, 0.25) is 0 Å². The fraction of sp³-hybridized carbons (Fsp3) is 0.789. The topological polar surface area (TPSA) is 151 Å². The highest BCUT2D eigenvalue weighted by atomic mass is 32.2. The van der Waals surface area contributed by atoms with Crippen LogP contribution in [0, 0.1) is 11.8 Å². The number of carbonyl (C=O) groups is 4. The minimum atomic E-state index is -1.17. The first-order chi connectivity index (χ1) is 13.6. The van der Waals surface area contributed by atoms with Crippen LogP contribution in [-0.2, 0) is 19.2 Å². The molecule has 168 valence electrons. The number of carboxylic acid groups (broad SMARTS) is 1. The Balaban J connectivity index is 5.28. The van der Waals surface area contributed by atoms with E-state index in [0.717, 1.165) is 6.42 Å². The minimum Gasteiger partial charge on any atom is -0.480 e. The summed E-state index contributed by atoms with van der Waals surface area (Å²) in [6.07, 6.45) is 3.61. The quantitative estimate of drug-likeness (QED) is 0.265. The third-order valence-electron chi connectivity index (χ3n) is 5.01. The van der Waals surface area contributed by atoms with Crippen LogP contribution < -0.4 is 21.7 Å². The van der Waals surface area contributed by atoms with Crippen molar-refractivity contribution in [2.45, 2.75) is 65.1 Å². The van der Waals surface area contributed by atoms with Crippen molar-refractivity contribution >= 4 is 35.5 Å². The van der Waals surface area contributed by atoms with Gasteiger partial charge in [-0.1, -0.05) is 40.5 Å². The third-order valence-corrected chi connectivity index (χ3v) is 5.65. The standard InChI is InChI=1S/C19H36N4O5S/c1-6-11(3)15(20)18(27)22-13(8-9-29-5)17(26)23-16(12(4)7-2)19(28)21-10-14(24)25/h11-13,15-16H,6-10,20H2,1-5H3,(H,21,28)(H,22,27)(H,23,26)(H,24,25). The molecular formula is C19H36N4O5S. The van der Waals surface area contributed by atoms with Gasteiger partial charge in [-0.15, -0.1) is 0 Å². The summed E-state index contributed by atoms with van der Waals surface area (Å²) in [5.41, 5.74) is 5.97. The average molecular weight is 433 g/mol. The smallest absolute Gasteiger partial charge is 0.322 e. The molecule has 9 nitrogen and oxygen atoms in total. The first-order valence-corrected chi connectivity index (χ1v) is 11.3. The molecule has 0 radical (unpaired) electrons. The molecule has 0 aliphatic carbocycles. The van der Waals surface area contributed by atoms with Crippen molar-refractivity contribution in [1.82, 2.24) is 16.0 Å². The van der Waals surface area contributed by atoms with Crippen LogP contribution in [0.4, 0.5) is 0 Å². The molecule has 0 bridgehead atoms. The van der Waals surface area contributed by atoms with Crippen LogP contribution in [0.3, 0.4) is 0 Å². The maximum Gasteiger partial charge on any atom is 0.322 e. The average Bonchev–Trinajstić information content (AvgIpc) is 2.70. The number of nitrogens with one attached hydrogen (secondary N) is 3. The molecule has 0 rings (SSSR count). The first kappa shape index (κ1) is 27.2. The minimum absolute atomic E-state index is 0.0334. The van der Waals surface area contributed by atoms with E-state index in [1.54, 1.807) is 6.92 Å². The molecule has 3 amide bonds. The zero-order chi connectivity index (χ0) is 22.6. The summed E-state index contributed by atoms with van der Waals surface area (Å²) in [4.78, 5) is 48.4. The van der Waals surface area contributed by atoms with E-state index in [1.807, 2.05) is 27.0 Å². The Labute approximate surface area is 177 Å². The molecule has 0 saturated carbocycles. The van der Waals surface area contributed by atoms with Gasteiger partial charge in [0.1, 0.15) is 18.6 Å². The molecule has 0 heterocycles. The molecule has 29 heavy (non-hydrogen) atoms. The zero-order valence-corrected chi connectivity index (χ0v) is 18.8. The third kappa shape index (κ3) is 9.98. The van der Waals surface area contributed by atoms with Gasteiger partial charge in [-0.3, -0.25) is 19.2 Å². The molecule has 0 aromatic rings. The Hall–Kier alpha value is -1.81. The van der Waals surface area contributed by atoms with E-state index in [9.17, 15) is 19.2 Å². The number of rotatable bonds is 14. The van der Waals surface area contributed by atoms with E-state index in [-0.39, 0.29) is 11.8 Å². The lowest BCUT2D eigenvalue weighted by Crippen LogP contribution is -2.58. The number of aliphatic carboxylic acids is 1. The van der Waals surface area contributed by atoms with Gasteiger partial charge in [-0.05, 0) is 30.3 Å². The van der Waals surface area contributed by atoms with E-state index in [2.05, 4.69) is 16.0 Å². The van der Waals surface area contributed by atoms with E-state index in [1.165, 1.54) is 11.8 Å². The summed E-state index contributed by atoms with van der Waals surface area (Å²) < 4.78 is 0. The number of thioether (sulfide) groups is 1. The Kier molecular flexibility index (Phi) is 13.3. The van der Waals surface area contributed by atoms with Gasteiger partial charge in [-0.2, -0.15) is 11.8 Å². The molecule has 6 N–H and O–H groups in total. The number of hydrogen-bond donors (Lipinski definition) is 5. The Morgan fingerprint density at radius 1 is 0.966 bits per heavy atom. The highest BCUT2D eigenvalue weighted by Gasteiger charge is 2.31. The highest BCUT2D eigenvalue weighted by Crippen LogP contribution is 2.11. The molecule has 5 unspecified atom stereocenters. The van der Waals surface area contributed by atoms with Crippen molar-refractivity contribution in [3.8, 4) is 0 Å². The first-order valence-electron chi connectivity index (χ1n) is 9.93. The molecule has 0 aliphatic rings. The van der Waals surface area contributed by atoms with Crippen LogP contribution in [0.5, 0.6) is 0 Å². The maximum absolute atomic E-state index is 12.8. The molecule has 10 heteroatoms. The number of amides is 3. The van der Waals surface area contributed by atoms with Crippen molar-refractivity contribution in [2.75, 3.05) is 18.6 Å². The zero-order valence-electron chi connectivity index (χ0n) is 18.0. The lowest BCUT2D eigenvalue weighted by atomic mass is 9.97. The normalized spacial score (nSPS) is 16.1. The van der Waals surface area contributed by atoms with Gasteiger partial charge in [0.2, 0.25) is 17.7 Å². The molecule has 5 atom stereocenters. The number of carbonyl (C=O) groups excluding carboxylic acids is 3. The largest absolute Gasteiger partial charge is 0.480 e. The fourth-order valence-corrected chi connectivity index (χ4v) is 2.98. The van der Waals surface area contributed by atoms with Gasteiger partial charge >= 0.3 is 5.97 Å². The fourth-order valence-electron chi connectivity index (χ4n) is 2.51. The summed E-state index contributed by atoms with van der Waals surface area (Å²) >= 11 is 1.53. The number of carboxylic acids is 1. The van der Waals surface area contributed by atoms with Crippen LogP contribution in [0.1, 0.15) is 47.0 Å². The summed E-state index contributed by atoms with van der Waals surface area (Å²) in [7, 11) is 0. The second-order valence-electron chi connectivity index (χ2n) is 7.24. The van der Waals surface area contributed by atoms with Crippen molar-refractivity contribution in [3.05, 3.63) is 0 Å². The summed E-state index contributed by atoms with van der Waals surface area (Å²) in [5, 5.41) is 16.4. The molecule has 0 fully saturated rings. The Morgan fingerprint density at radius 2 is 1.55 bits per heavy atom. The second-order valence-corrected chi connectivity index (χ2v) is 8.22. The Morgan fingerprint density at radius 3 is 2.03 bits per heavy atom. The predicted octanol–water partition coefficient (Wildman–Crippen LogP) is 0.329. The second kappa shape index (κ2) is 14.2.